The molecule has 132 valence electrons. The molecule has 0 aliphatic carbocycles. The Bertz CT molecular complexity index is 500. The van der Waals surface area contributed by atoms with Crippen LogP contribution in [0.4, 0.5) is 0 Å². The zero-order chi connectivity index (χ0) is 14.9. The summed E-state index contributed by atoms with van der Waals surface area (Å²) in [5.74, 6) is 1.76. The molecule has 1 aromatic rings. The number of hydrogen-bond donors (Lipinski definition) is 1. The SMILES string of the molecule is CC(C)(C)[C@H](c1ccc2c(c1)OCCO2)N1CCNCC1.Cl.Cl. The lowest BCUT2D eigenvalue weighted by atomic mass is 9.81. The van der Waals surface area contributed by atoms with Crippen LogP contribution in [0.25, 0.3) is 0 Å². The molecule has 2 heterocycles. The minimum Gasteiger partial charge on any atom is -0.486 e. The van der Waals surface area contributed by atoms with E-state index in [9.17, 15) is 0 Å². The summed E-state index contributed by atoms with van der Waals surface area (Å²) in [7, 11) is 0. The predicted molar refractivity (Wildman–Crippen MR) is 98.6 cm³/mol. The zero-order valence-corrected chi connectivity index (χ0v) is 15.8. The Balaban J connectivity index is 0.00000132. The van der Waals surface area contributed by atoms with Gasteiger partial charge in [0.1, 0.15) is 13.2 Å². The number of fused-ring (bicyclic) bond motifs is 1. The summed E-state index contributed by atoms with van der Waals surface area (Å²) < 4.78 is 11.4. The van der Waals surface area contributed by atoms with Crippen molar-refractivity contribution in [3.63, 3.8) is 0 Å². The van der Waals surface area contributed by atoms with Gasteiger partial charge in [-0.25, -0.2) is 0 Å². The van der Waals surface area contributed by atoms with Gasteiger partial charge >= 0.3 is 0 Å². The van der Waals surface area contributed by atoms with Crippen LogP contribution >= 0.6 is 24.8 Å². The van der Waals surface area contributed by atoms with E-state index in [1.165, 1.54) is 5.56 Å². The van der Waals surface area contributed by atoms with Crippen molar-refractivity contribution in [1.29, 1.82) is 0 Å². The molecule has 0 amide bonds. The lowest BCUT2D eigenvalue weighted by molar-refractivity contribution is 0.0855. The quantitative estimate of drug-likeness (QED) is 0.874. The van der Waals surface area contributed by atoms with Gasteiger partial charge in [-0.3, -0.25) is 4.90 Å². The first-order valence-electron chi connectivity index (χ1n) is 7.90. The normalized spacial score (nSPS) is 19.3. The second-order valence-corrected chi connectivity index (χ2v) is 6.96. The van der Waals surface area contributed by atoms with Gasteiger partial charge in [-0.2, -0.15) is 0 Å². The average molecular weight is 363 g/mol. The third-order valence-electron chi connectivity index (χ3n) is 4.22. The van der Waals surface area contributed by atoms with E-state index in [-0.39, 0.29) is 30.2 Å². The van der Waals surface area contributed by atoms with Crippen molar-refractivity contribution in [3.8, 4) is 11.5 Å². The second kappa shape index (κ2) is 8.43. The zero-order valence-electron chi connectivity index (χ0n) is 14.1. The van der Waals surface area contributed by atoms with Crippen LogP contribution in [0.3, 0.4) is 0 Å². The van der Waals surface area contributed by atoms with E-state index in [0.29, 0.717) is 19.3 Å². The summed E-state index contributed by atoms with van der Waals surface area (Å²) in [4.78, 5) is 2.59. The van der Waals surface area contributed by atoms with E-state index < -0.39 is 0 Å². The van der Waals surface area contributed by atoms with E-state index in [2.05, 4.69) is 49.2 Å². The number of piperazine rings is 1. The Morgan fingerprint density at radius 3 is 2.22 bits per heavy atom. The van der Waals surface area contributed by atoms with Crippen molar-refractivity contribution in [2.75, 3.05) is 39.4 Å². The highest BCUT2D eigenvalue weighted by Crippen LogP contribution is 2.41. The van der Waals surface area contributed by atoms with Crippen LogP contribution in [-0.2, 0) is 0 Å². The van der Waals surface area contributed by atoms with E-state index in [1.807, 2.05) is 0 Å². The fourth-order valence-corrected chi connectivity index (χ4v) is 3.43. The Morgan fingerprint density at radius 2 is 1.61 bits per heavy atom. The van der Waals surface area contributed by atoms with Crippen molar-refractivity contribution in [2.45, 2.75) is 26.8 Å². The van der Waals surface area contributed by atoms with Gasteiger partial charge in [-0.05, 0) is 23.1 Å². The Morgan fingerprint density at radius 1 is 1.00 bits per heavy atom. The van der Waals surface area contributed by atoms with Gasteiger partial charge < -0.3 is 14.8 Å². The van der Waals surface area contributed by atoms with E-state index in [0.717, 1.165) is 37.7 Å². The number of halogens is 2. The molecule has 0 unspecified atom stereocenters. The molecule has 0 radical (unpaired) electrons. The monoisotopic (exact) mass is 362 g/mol. The van der Waals surface area contributed by atoms with Crippen molar-refractivity contribution in [1.82, 2.24) is 10.2 Å². The summed E-state index contributed by atoms with van der Waals surface area (Å²) in [5.41, 5.74) is 1.51. The van der Waals surface area contributed by atoms with Crippen molar-refractivity contribution < 1.29 is 9.47 Å². The van der Waals surface area contributed by atoms with E-state index in [1.54, 1.807) is 0 Å². The predicted octanol–water partition coefficient (Wildman–Crippen LogP) is 3.29. The van der Waals surface area contributed by atoms with Crippen molar-refractivity contribution in [3.05, 3.63) is 23.8 Å². The number of nitrogens with one attached hydrogen (secondary N) is 1. The smallest absolute Gasteiger partial charge is 0.161 e. The van der Waals surface area contributed by atoms with Crippen LogP contribution in [0, 0.1) is 5.41 Å². The maximum atomic E-state index is 5.76. The minimum atomic E-state index is 0. The Labute approximate surface area is 151 Å². The van der Waals surface area contributed by atoms with Crippen LogP contribution in [0.5, 0.6) is 11.5 Å². The third kappa shape index (κ3) is 4.66. The first-order valence-corrected chi connectivity index (χ1v) is 7.90. The van der Waals surface area contributed by atoms with Gasteiger partial charge in [-0.15, -0.1) is 24.8 Å². The van der Waals surface area contributed by atoms with Crippen LogP contribution < -0.4 is 14.8 Å². The molecule has 1 N–H and O–H groups in total. The highest BCUT2D eigenvalue weighted by Gasteiger charge is 2.33. The van der Waals surface area contributed by atoms with Crippen LogP contribution in [0.2, 0.25) is 0 Å². The third-order valence-corrected chi connectivity index (χ3v) is 4.22. The fourth-order valence-electron chi connectivity index (χ4n) is 3.43. The number of nitrogens with zero attached hydrogens (tertiary/aromatic N) is 1. The minimum absolute atomic E-state index is 0. The molecule has 0 bridgehead atoms. The number of benzene rings is 1. The highest BCUT2D eigenvalue weighted by atomic mass is 35.5. The highest BCUT2D eigenvalue weighted by molar-refractivity contribution is 5.85. The molecule has 4 nitrogen and oxygen atoms in total. The first-order chi connectivity index (χ1) is 10.1. The maximum absolute atomic E-state index is 5.76. The maximum Gasteiger partial charge on any atom is 0.161 e. The molecule has 0 saturated carbocycles. The molecule has 0 spiro atoms. The molecule has 23 heavy (non-hydrogen) atoms. The molecule has 0 aromatic heterocycles. The lowest BCUT2D eigenvalue weighted by Gasteiger charge is -2.42. The Kier molecular flexibility index (Phi) is 7.46. The van der Waals surface area contributed by atoms with Gasteiger partial charge in [-0.1, -0.05) is 26.8 Å². The number of ether oxygens (including phenoxy) is 2. The van der Waals surface area contributed by atoms with Crippen LogP contribution in [0.1, 0.15) is 32.4 Å². The summed E-state index contributed by atoms with van der Waals surface area (Å²) in [6.07, 6.45) is 0. The molecule has 1 aromatic carbocycles. The van der Waals surface area contributed by atoms with Gasteiger partial charge in [0.2, 0.25) is 0 Å². The lowest BCUT2D eigenvalue weighted by Crippen LogP contribution is -2.48. The van der Waals surface area contributed by atoms with Gasteiger partial charge in [0, 0.05) is 32.2 Å². The summed E-state index contributed by atoms with van der Waals surface area (Å²) in [6.45, 7) is 12.6. The summed E-state index contributed by atoms with van der Waals surface area (Å²) in [6, 6.07) is 6.83. The topological polar surface area (TPSA) is 33.7 Å². The van der Waals surface area contributed by atoms with Gasteiger partial charge in [0.25, 0.3) is 0 Å². The average Bonchev–Trinajstić information content (AvgIpc) is 2.47. The number of rotatable bonds is 2. The molecular formula is C17H28Cl2N2O2. The van der Waals surface area contributed by atoms with E-state index >= 15 is 0 Å². The van der Waals surface area contributed by atoms with Crippen LogP contribution in [0.15, 0.2) is 18.2 Å². The molecule has 1 saturated heterocycles. The summed E-state index contributed by atoms with van der Waals surface area (Å²) >= 11 is 0. The second-order valence-electron chi connectivity index (χ2n) is 6.96. The van der Waals surface area contributed by atoms with Crippen LogP contribution in [-0.4, -0.2) is 44.3 Å². The van der Waals surface area contributed by atoms with E-state index in [4.69, 9.17) is 9.47 Å². The Hall–Kier alpha value is -0.680. The molecule has 1 atom stereocenters. The molecule has 1 fully saturated rings. The molecule has 2 aliphatic heterocycles. The standard InChI is InChI=1S/C17H26N2O2.2ClH/c1-17(2,3)16(19-8-6-18-7-9-19)13-4-5-14-15(12-13)21-11-10-20-14;;/h4-5,12,16,18H,6-11H2,1-3H3;2*1H/t16-;;/m0../s1. The largest absolute Gasteiger partial charge is 0.486 e. The van der Waals surface area contributed by atoms with Crippen molar-refractivity contribution in [2.24, 2.45) is 5.41 Å². The molecule has 2 aliphatic rings. The van der Waals surface area contributed by atoms with Crippen molar-refractivity contribution >= 4 is 24.8 Å². The molecule has 3 rings (SSSR count). The van der Waals surface area contributed by atoms with Gasteiger partial charge in [0.15, 0.2) is 11.5 Å². The summed E-state index contributed by atoms with van der Waals surface area (Å²) in [5, 5.41) is 3.44. The number of hydrogen-bond acceptors (Lipinski definition) is 4. The molecular weight excluding hydrogens is 335 g/mol. The first kappa shape index (κ1) is 20.4. The van der Waals surface area contributed by atoms with Gasteiger partial charge in [0.05, 0.1) is 0 Å². The fraction of sp³-hybridized carbons (Fsp3) is 0.647. The molecule has 6 heteroatoms.